The van der Waals surface area contributed by atoms with E-state index in [1.54, 1.807) is 14.2 Å². The molecule has 0 spiro atoms. The Balaban J connectivity index is 0. The average molecular weight is 223 g/mol. The maximum atomic E-state index is 5.86. The molecular formula is C9H25NO3Si. The fourth-order valence-corrected chi connectivity index (χ4v) is 3.58. The van der Waals surface area contributed by atoms with Gasteiger partial charge < -0.3 is 19.4 Å². The van der Waals surface area contributed by atoms with Crippen LogP contribution in [-0.2, 0) is 13.3 Å². The first kappa shape index (κ1) is 16.5. The van der Waals surface area contributed by atoms with Gasteiger partial charge in [-0.2, -0.15) is 0 Å². The molecule has 14 heavy (non-hydrogen) atoms. The molecule has 0 atom stereocenters. The highest BCUT2D eigenvalue weighted by molar-refractivity contribution is 6.60. The third-order valence-electron chi connectivity index (χ3n) is 1.64. The summed E-state index contributed by atoms with van der Waals surface area (Å²) < 4.78 is 16.7. The van der Waals surface area contributed by atoms with Gasteiger partial charge in [-0.25, -0.2) is 0 Å². The quantitative estimate of drug-likeness (QED) is 0.728. The first-order valence-electron chi connectivity index (χ1n) is 4.69. The lowest BCUT2D eigenvalue weighted by molar-refractivity contribution is 0.0165. The summed E-state index contributed by atoms with van der Waals surface area (Å²) in [6.45, 7) is 8.15. The number of hydrogen-bond acceptors (Lipinski definition) is 4. The van der Waals surface area contributed by atoms with Crippen molar-refractivity contribution in [3.05, 3.63) is 0 Å². The lowest BCUT2D eigenvalue weighted by atomic mass is 10.2. The maximum absolute atomic E-state index is 5.86. The van der Waals surface area contributed by atoms with Crippen LogP contribution in [0.15, 0.2) is 0 Å². The summed E-state index contributed by atoms with van der Waals surface area (Å²) in [4.78, 5) is 0. The van der Waals surface area contributed by atoms with Crippen molar-refractivity contribution in [1.82, 2.24) is 6.15 Å². The van der Waals surface area contributed by atoms with Gasteiger partial charge in [0.25, 0.3) is 0 Å². The van der Waals surface area contributed by atoms with E-state index in [-0.39, 0.29) is 11.8 Å². The predicted molar refractivity (Wildman–Crippen MR) is 60.7 cm³/mol. The Morgan fingerprint density at radius 1 is 1.07 bits per heavy atom. The third kappa shape index (κ3) is 5.72. The van der Waals surface area contributed by atoms with Gasteiger partial charge in [-0.05, 0) is 20.8 Å². The smallest absolute Gasteiger partial charge is 0.377 e. The SMILES string of the molecule is CCC[Si](OC)(OC)OC(C)(C)C.N. The monoisotopic (exact) mass is 223 g/mol. The summed E-state index contributed by atoms with van der Waals surface area (Å²) in [5.41, 5.74) is -0.201. The highest BCUT2D eigenvalue weighted by atomic mass is 28.4. The Kier molecular flexibility index (Phi) is 7.68. The molecule has 0 saturated carbocycles. The Hall–Kier alpha value is 0.0569. The molecule has 0 amide bonds. The van der Waals surface area contributed by atoms with Crippen molar-refractivity contribution in [1.29, 1.82) is 0 Å². The predicted octanol–water partition coefficient (Wildman–Crippen LogP) is 2.61. The van der Waals surface area contributed by atoms with Crippen LogP contribution in [-0.4, -0.2) is 28.6 Å². The van der Waals surface area contributed by atoms with Gasteiger partial charge in [-0.15, -0.1) is 0 Å². The van der Waals surface area contributed by atoms with Gasteiger partial charge in [-0.1, -0.05) is 13.3 Å². The molecule has 0 fully saturated rings. The van der Waals surface area contributed by atoms with E-state index in [1.807, 2.05) is 20.8 Å². The molecule has 0 bridgehead atoms. The molecule has 0 aromatic carbocycles. The topological polar surface area (TPSA) is 62.7 Å². The van der Waals surface area contributed by atoms with Crippen molar-refractivity contribution in [3.63, 3.8) is 0 Å². The zero-order valence-corrected chi connectivity index (χ0v) is 11.3. The van der Waals surface area contributed by atoms with Gasteiger partial charge in [0.15, 0.2) is 0 Å². The second kappa shape index (κ2) is 6.52. The summed E-state index contributed by atoms with van der Waals surface area (Å²) in [6, 6.07) is 0.872. The van der Waals surface area contributed by atoms with E-state index in [1.165, 1.54) is 0 Å². The highest BCUT2D eigenvalue weighted by Crippen LogP contribution is 2.22. The number of hydrogen-bond donors (Lipinski definition) is 1. The summed E-state index contributed by atoms with van der Waals surface area (Å²) >= 11 is 0. The zero-order chi connectivity index (χ0) is 10.5. The lowest BCUT2D eigenvalue weighted by Crippen LogP contribution is -2.48. The van der Waals surface area contributed by atoms with Gasteiger partial charge in [0.1, 0.15) is 0 Å². The highest BCUT2D eigenvalue weighted by Gasteiger charge is 2.41. The van der Waals surface area contributed by atoms with Crippen molar-refractivity contribution < 1.29 is 13.3 Å². The van der Waals surface area contributed by atoms with Crippen molar-refractivity contribution in [2.75, 3.05) is 14.2 Å². The minimum atomic E-state index is -2.38. The Labute approximate surface area is 88.9 Å². The Morgan fingerprint density at radius 2 is 1.50 bits per heavy atom. The first-order valence-corrected chi connectivity index (χ1v) is 6.63. The molecular weight excluding hydrogens is 198 g/mol. The van der Waals surface area contributed by atoms with E-state index in [4.69, 9.17) is 13.3 Å². The van der Waals surface area contributed by atoms with Crippen LogP contribution < -0.4 is 6.15 Å². The average Bonchev–Trinajstić information content (AvgIpc) is 2.01. The fraction of sp³-hybridized carbons (Fsp3) is 1.00. The van der Waals surface area contributed by atoms with E-state index in [2.05, 4.69) is 6.92 Å². The van der Waals surface area contributed by atoms with Gasteiger partial charge in [0.2, 0.25) is 0 Å². The molecule has 0 aromatic rings. The van der Waals surface area contributed by atoms with Gasteiger partial charge in [0, 0.05) is 20.3 Å². The van der Waals surface area contributed by atoms with Crippen LogP contribution in [0.4, 0.5) is 0 Å². The van der Waals surface area contributed by atoms with Crippen LogP contribution in [0.3, 0.4) is 0 Å². The second-order valence-corrected chi connectivity index (χ2v) is 6.94. The summed E-state index contributed by atoms with van der Waals surface area (Å²) in [6.07, 6.45) is 1.02. The van der Waals surface area contributed by atoms with E-state index in [0.29, 0.717) is 0 Å². The molecule has 0 aliphatic rings. The number of rotatable bonds is 5. The molecule has 3 N–H and O–H groups in total. The Bertz CT molecular complexity index is 143. The van der Waals surface area contributed by atoms with Crippen LogP contribution in [0.5, 0.6) is 0 Å². The first-order chi connectivity index (χ1) is 5.89. The molecule has 5 heteroatoms. The molecule has 0 radical (unpaired) electrons. The fourth-order valence-electron chi connectivity index (χ4n) is 1.19. The normalized spacial score (nSPS) is 12.4. The van der Waals surface area contributed by atoms with E-state index >= 15 is 0 Å². The van der Waals surface area contributed by atoms with Crippen LogP contribution >= 0.6 is 0 Å². The molecule has 0 rings (SSSR count). The molecule has 0 unspecified atom stereocenters. The summed E-state index contributed by atoms with van der Waals surface area (Å²) in [7, 11) is 0.949. The molecule has 4 nitrogen and oxygen atoms in total. The molecule has 0 saturated heterocycles. The minimum absolute atomic E-state index is 0. The van der Waals surface area contributed by atoms with Crippen molar-refractivity contribution in [2.45, 2.75) is 45.8 Å². The van der Waals surface area contributed by atoms with E-state index in [9.17, 15) is 0 Å². The Morgan fingerprint density at radius 3 is 1.71 bits per heavy atom. The van der Waals surface area contributed by atoms with Crippen LogP contribution in [0.25, 0.3) is 0 Å². The molecule has 0 aliphatic heterocycles. The maximum Gasteiger partial charge on any atom is 0.500 e. The van der Waals surface area contributed by atoms with Crippen molar-refractivity contribution in [2.24, 2.45) is 0 Å². The van der Waals surface area contributed by atoms with Crippen LogP contribution in [0.1, 0.15) is 34.1 Å². The zero-order valence-electron chi connectivity index (χ0n) is 10.3. The molecule has 0 heterocycles. The van der Waals surface area contributed by atoms with Crippen LogP contribution in [0.2, 0.25) is 6.04 Å². The standard InChI is InChI=1S/C9H22O3Si.H3N/c1-7-8-13(10-5,11-6)12-9(2,3)4;/h7-8H2,1-6H3;1H3. The van der Waals surface area contributed by atoms with Crippen molar-refractivity contribution in [3.8, 4) is 0 Å². The molecule has 88 valence electrons. The largest absolute Gasteiger partial charge is 0.500 e. The van der Waals surface area contributed by atoms with Crippen LogP contribution in [0, 0.1) is 0 Å². The van der Waals surface area contributed by atoms with Crippen molar-refractivity contribution >= 4 is 8.80 Å². The summed E-state index contributed by atoms with van der Waals surface area (Å²) in [5.74, 6) is 0. The third-order valence-corrected chi connectivity index (χ3v) is 4.92. The van der Waals surface area contributed by atoms with Gasteiger partial charge >= 0.3 is 8.80 Å². The second-order valence-electron chi connectivity index (χ2n) is 4.06. The van der Waals surface area contributed by atoms with Gasteiger partial charge in [0.05, 0.1) is 5.60 Å². The van der Waals surface area contributed by atoms with E-state index < -0.39 is 8.80 Å². The molecule has 0 aromatic heterocycles. The van der Waals surface area contributed by atoms with Gasteiger partial charge in [-0.3, -0.25) is 0 Å². The van der Waals surface area contributed by atoms with E-state index in [0.717, 1.165) is 12.5 Å². The molecule has 0 aliphatic carbocycles. The lowest BCUT2D eigenvalue weighted by Gasteiger charge is -2.33. The minimum Gasteiger partial charge on any atom is -0.377 e. The summed E-state index contributed by atoms with van der Waals surface area (Å²) in [5, 5.41) is 0.